The number of hydrogen-bond donors (Lipinski definition) is 0. The normalized spacial score (nSPS) is 11.5. The van der Waals surface area contributed by atoms with Crippen LogP contribution >= 0.6 is 0 Å². The molecule has 1 aromatic heterocycles. The van der Waals surface area contributed by atoms with Crippen molar-refractivity contribution in [1.82, 2.24) is 4.57 Å². The van der Waals surface area contributed by atoms with Crippen molar-refractivity contribution in [3.8, 4) is 5.75 Å². The standard InChI is InChI=1S/C35H38N2O7/c1-5-8-10-11-30(36-44-23(4)38)34(40)26-15-19-32-29(22-26)28-21-25(14-18-31(28)37(32)7-3)33(39)24-12-16-27(17-13-24)43-35(41)42-20-9-6-2/h12-19,21-22H,5-11,20H2,1-4H3/b36-30+. The highest BCUT2D eigenvalue weighted by Crippen LogP contribution is 2.32. The lowest BCUT2D eigenvalue weighted by molar-refractivity contribution is -0.140. The first-order valence-corrected chi connectivity index (χ1v) is 15.1. The Bertz CT molecular complexity index is 1700. The van der Waals surface area contributed by atoms with Gasteiger partial charge >= 0.3 is 12.1 Å². The quantitative estimate of drug-likeness (QED) is 0.0274. The van der Waals surface area contributed by atoms with Gasteiger partial charge < -0.3 is 18.9 Å². The Morgan fingerprint density at radius 3 is 1.98 bits per heavy atom. The largest absolute Gasteiger partial charge is 0.513 e. The fourth-order valence-electron chi connectivity index (χ4n) is 5.02. The zero-order valence-electron chi connectivity index (χ0n) is 25.7. The van der Waals surface area contributed by atoms with Gasteiger partial charge in [-0.05, 0) is 86.8 Å². The van der Waals surface area contributed by atoms with E-state index < -0.39 is 12.1 Å². The molecule has 0 fully saturated rings. The Morgan fingerprint density at radius 1 is 0.750 bits per heavy atom. The molecule has 0 bridgehead atoms. The number of carbonyl (C=O) groups excluding carboxylic acids is 4. The van der Waals surface area contributed by atoms with E-state index in [2.05, 4.69) is 16.6 Å². The molecule has 9 heteroatoms. The van der Waals surface area contributed by atoms with Crippen LogP contribution in [0.15, 0.2) is 65.8 Å². The van der Waals surface area contributed by atoms with Crippen LogP contribution in [-0.4, -0.2) is 40.6 Å². The number of rotatable bonds is 14. The molecule has 9 nitrogen and oxygen atoms in total. The van der Waals surface area contributed by atoms with Gasteiger partial charge in [-0.2, -0.15) is 0 Å². The zero-order valence-corrected chi connectivity index (χ0v) is 25.7. The van der Waals surface area contributed by atoms with Gasteiger partial charge in [-0.3, -0.25) is 9.59 Å². The fraction of sp³-hybridized carbons (Fsp3) is 0.343. The van der Waals surface area contributed by atoms with E-state index in [1.54, 1.807) is 36.4 Å². The van der Waals surface area contributed by atoms with Crippen LogP contribution in [0.4, 0.5) is 4.79 Å². The Labute approximate surface area is 256 Å². The Balaban J connectivity index is 1.65. The molecule has 0 aliphatic rings. The third-order valence-corrected chi connectivity index (χ3v) is 7.30. The number of Topliss-reactive ketones (excluding diaryl/α,β-unsaturated/α-hetero) is 1. The number of ketones is 2. The van der Waals surface area contributed by atoms with Gasteiger partial charge in [0.05, 0.1) is 6.61 Å². The van der Waals surface area contributed by atoms with Crippen LogP contribution in [0, 0.1) is 0 Å². The molecule has 0 unspecified atom stereocenters. The molecule has 0 aliphatic carbocycles. The molecular weight excluding hydrogens is 560 g/mol. The van der Waals surface area contributed by atoms with Gasteiger partial charge in [0.15, 0.2) is 5.78 Å². The van der Waals surface area contributed by atoms with E-state index in [9.17, 15) is 19.2 Å². The summed E-state index contributed by atoms with van der Waals surface area (Å²) in [5.41, 5.74) is 3.41. The van der Waals surface area contributed by atoms with E-state index in [1.165, 1.54) is 6.92 Å². The number of nitrogens with zero attached hydrogens (tertiary/aromatic N) is 2. The summed E-state index contributed by atoms with van der Waals surface area (Å²) in [6, 6.07) is 17.3. The highest BCUT2D eigenvalue weighted by Gasteiger charge is 2.20. The van der Waals surface area contributed by atoms with Gasteiger partial charge in [-0.1, -0.05) is 38.3 Å². The van der Waals surface area contributed by atoms with E-state index in [0.717, 1.165) is 53.9 Å². The number of oxime groups is 1. The molecule has 0 saturated carbocycles. The van der Waals surface area contributed by atoms with Crippen molar-refractivity contribution in [1.29, 1.82) is 0 Å². The molecule has 3 aromatic carbocycles. The van der Waals surface area contributed by atoms with Crippen molar-refractivity contribution in [2.75, 3.05) is 6.61 Å². The second-order valence-electron chi connectivity index (χ2n) is 10.5. The van der Waals surface area contributed by atoms with Crippen LogP contribution < -0.4 is 4.74 Å². The van der Waals surface area contributed by atoms with Crippen LogP contribution in [0.1, 0.15) is 92.5 Å². The maximum Gasteiger partial charge on any atom is 0.513 e. The molecule has 0 radical (unpaired) electrons. The monoisotopic (exact) mass is 598 g/mol. The summed E-state index contributed by atoms with van der Waals surface area (Å²) in [4.78, 5) is 55.1. The van der Waals surface area contributed by atoms with Crippen molar-refractivity contribution >= 4 is 51.2 Å². The number of aryl methyl sites for hydroxylation is 1. The van der Waals surface area contributed by atoms with Gasteiger partial charge in [-0.15, -0.1) is 0 Å². The molecule has 230 valence electrons. The third-order valence-electron chi connectivity index (χ3n) is 7.30. The molecule has 4 rings (SSSR count). The van der Waals surface area contributed by atoms with E-state index in [1.807, 2.05) is 38.1 Å². The maximum atomic E-state index is 13.5. The van der Waals surface area contributed by atoms with Gasteiger partial charge in [0, 0.05) is 52.0 Å². The van der Waals surface area contributed by atoms with Crippen LogP contribution in [0.3, 0.4) is 0 Å². The Hall–Kier alpha value is -4.79. The number of benzene rings is 3. The van der Waals surface area contributed by atoms with Crippen molar-refractivity contribution in [3.05, 3.63) is 77.4 Å². The molecule has 4 aromatic rings. The molecule has 0 atom stereocenters. The number of aromatic nitrogens is 1. The average Bonchev–Trinajstić information content (AvgIpc) is 3.34. The fourth-order valence-corrected chi connectivity index (χ4v) is 5.02. The highest BCUT2D eigenvalue weighted by atomic mass is 16.7. The van der Waals surface area contributed by atoms with Gasteiger partial charge in [0.25, 0.3) is 0 Å². The number of unbranched alkanes of at least 4 members (excludes halogenated alkanes) is 3. The molecule has 1 heterocycles. The smallest absolute Gasteiger partial charge is 0.434 e. The van der Waals surface area contributed by atoms with Crippen molar-refractivity contribution in [2.45, 2.75) is 72.8 Å². The number of hydrogen-bond acceptors (Lipinski definition) is 8. The van der Waals surface area contributed by atoms with Gasteiger partial charge in [0.1, 0.15) is 11.5 Å². The van der Waals surface area contributed by atoms with Crippen LogP contribution in [0.2, 0.25) is 0 Å². The lowest BCUT2D eigenvalue weighted by Crippen LogP contribution is -2.16. The number of fused-ring (bicyclic) bond motifs is 3. The van der Waals surface area contributed by atoms with Gasteiger partial charge in [0.2, 0.25) is 5.78 Å². The Morgan fingerprint density at radius 2 is 1.36 bits per heavy atom. The number of ether oxygens (including phenoxy) is 2. The SMILES string of the molecule is CCCCC/C(=N\OC(C)=O)C(=O)c1ccc2c(c1)c1cc(C(=O)c3ccc(OC(=O)OCCCC)cc3)ccc1n2CC. The first-order chi connectivity index (χ1) is 21.3. The molecule has 44 heavy (non-hydrogen) atoms. The minimum absolute atomic E-state index is 0.194. The molecular formula is C35H38N2O7. The third kappa shape index (κ3) is 7.58. The first kappa shape index (κ1) is 32.1. The van der Waals surface area contributed by atoms with Crippen LogP contribution in [-0.2, 0) is 20.9 Å². The molecule has 0 saturated heterocycles. The molecule has 0 spiro atoms. The highest BCUT2D eigenvalue weighted by molar-refractivity contribution is 6.46. The zero-order chi connectivity index (χ0) is 31.6. The number of carbonyl (C=O) groups is 4. The molecule has 0 amide bonds. The minimum atomic E-state index is -0.779. The maximum absolute atomic E-state index is 13.5. The van der Waals surface area contributed by atoms with Gasteiger partial charge in [-0.25, -0.2) is 9.59 Å². The second-order valence-corrected chi connectivity index (χ2v) is 10.5. The summed E-state index contributed by atoms with van der Waals surface area (Å²) < 4.78 is 12.3. The minimum Gasteiger partial charge on any atom is -0.434 e. The first-order valence-electron chi connectivity index (χ1n) is 15.1. The summed E-state index contributed by atoms with van der Waals surface area (Å²) in [7, 11) is 0. The predicted molar refractivity (Wildman–Crippen MR) is 170 cm³/mol. The summed E-state index contributed by atoms with van der Waals surface area (Å²) in [5, 5.41) is 5.54. The summed E-state index contributed by atoms with van der Waals surface area (Å²) in [5.74, 6) is -0.796. The summed E-state index contributed by atoms with van der Waals surface area (Å²) >= 11 is 0. The van der Waals surface area contributed by atoms with Crippen molar-refractivity contribution in [3.63, 3.8) is 0 Å². The average molecular weight is 599 g/mol. The van der Waals surface area contributed by atoms with E-state index >= 15 is 0 Å². The summed E-state index contributed by atoms with van der Waals surface area (Å²) in [6.07, 6.45) is 3.93. The van der Waals surface area contributed by atoms with Crippen molar-refractivity contribution in [2.24, 2.45) is 5.16 Å². The van der Waals surface area contributed by atoms with E-state index in [4.69, 9.17) is 14.3 Å². The lowest BCUT2D eigenvalue weighted by atomic mass is 9.98. The van der Waals surface area contributed by atoms with Crippen LogP contribution in [0.5, 0.6) is 5.75 Å². The molecule has 0 aliphatic heterocycles. The second kappa shape index (κ2) is 15.1. The van der Waals surface area contributed by atoms with E-state index in [0.29, 0.717) is 36.3 Å². The van der Waals surface area contributed by atoms with Crippen molar-refractivity contribution < 1.29 is 33.5 Å². The topological polar surface area (TPSA) is 113 Å². The van der Waals surface area contributed by atoms with Crippen LogP contribution in [0.25, 0.3) is 21.8 Å². The van der Waals surface area contributed by atoms with E-state index in [-0.39, 0.29) is 23.0 Å². The Kier molecular flexibility index (Phi) is 11.0. The summed E-state index contributed by atoms with van der Waals surface area (Å²) in [6.45, 7) is 8.34. The molecule has 0 N–H and O–H groups in total. The predicted octanol–water partition coefficient (Wildman–Crippen LogP) is 8.04. The lowest BCUT2D eigenvalue weighted by Gasteiger charge is -2.07.